The zero-order valence-corrected chi connectivity index (χ0v) is 16.8. The number of nitrogens with two attached hydrogens (primary N) is 1. The lowest BCUT2D eigenvalue weighted by Crippen LogP contribution is -2.16. The molecular formula is C25H22N4O2. The fourth-order valence-corrected chi connectivity index (χ4v) is 3.52. The molecule has 4 rings (SSSR count). The van der Waals surface area contributed by atoms with Gasteiger partial charge in [0.2, 0.25) is 5.91 Å². The quantitative estimate of drug-likeness (QED) is 0.480. The Labute approximate surface area is 180 Å². The molecule has 1 heterocycles. The summed E-state index contributed by atoms with van der Waals surface area (Å²) in [6.45, 7) is 0. The zero-order valence-electron chi connectivity index (χ0n) is 16.8. The van der Waals surface area contributed by atoms with Gasteiger partial charge in [0.1, 0.15) is 5.69 Å². The normalized spacial score (nSPS) is 10.7. The number of rotatable bonds is 7. The van der Waals surface area contributed by atoms with Crippen LogP contribution in [-0.4, -0.2) is 21.6 Å². The summed E-state index contributed by atoms with van der Waals surface area (Å²) in [6, 6.07) is 28.9. The van der Waals surface area contributed by atoms with Gasteiger partial charge >= 0.3 is 0 Å². The minimum Gasteiger partial charge on any atom is -0.364 e. The Bertz CT molecular complexity index is 1150. The molecule has 154 valence electrons. The van der Waals surface area contributed by atoms with Gasteiger partial charge in [-0.2, -0.15) is 5.10 Å². The fraction of sp³-hybridized carbons (Fsp3) is 0.0800. The maximum absolute atomic E-state index is 12.9. The van der Waals surface area contributed by atoms with E-state index < -0.39 is 5.91 Å². The van der Waals surface area contributed by atoms with Crippen LogP contribution in [0.3, 0.4) is 0 Å². The van der Waals surface area contributed by atoms with E-state index in [-0.39, 0.29) is 17.5 Å². The molecule has 0 aliphatic heterocycles. The molecule has 31 heavy (non-hydrogen) atoms. The maximum atomic E-state index is 12.9. The van der Waals surface area contributed by atoms with Crippen molar-refractivity contribution in [2.45, 2.75) is 12.3 Å². The summed E-state index contributed by atoms with van der Waals surface area (Å²) in [7, 11) is 0. The van der Waals surface area contributed by atoms with Crippen molar-refractivity contribution >= 4 is 17.5 Å². The Balaban J connectivity index is 1.52. The molecule has 6 nitrogen and oxygen atoms in total. The molecule has 3 aromatic carbocycles. The van der Waals surface area contributed by atoms with E-state index in [1.807, 2.05) is 78.9 Å². The molecule has 0 fully saturated rings. The van der Waals surface area contributed by atoms with Gasteiger partial charge in [-0.25, -0.2) is 4.68 Å². The number of nitrogens with one attached hydrogen (secondary N) is 1. The summed E-state index contributed by atoms with van der Waals surface area (Å²) in [5.74, 6) is -0.723. The molecule has 0 radical (unpaired) electrons. The van der Waals surface area contributed by atoms with E-state index in [9.17, 15) is 9.59 Å². The lowest BCUT2D eigenvalue weighted by molar-refractivity contribution is -0.116. The standard InChI is InChI=1S/C25H22N4O2/c26-25(31)23-14-15-29(28-23)21-13-7-12-20(16-21)27-24(30)17-22(18-8-3-1-4-9-18)19-10-5-2-6-11-19/h1-16,22H,17H2,(H2,26,31)(H,27,30). The summed E-state index contributed by atoms with van der Waals surface area (Å²) >= 11 is 0. The topological polar surface area (TPSA) is 90.0 Å². The van der Waals surface area contributed by atoms with Gasteiger partial charge in [0.15, 0.2) is 0 Å². The zero-order chi connectivity index (χ0) is 21.6. The Hall–Kier alpha value is -4.19. The first-order valence-electron chi connectivity index (χ1n) is 9.96. The number of aromatic nitrogens is 2. The van der Waals surface area contributed by atoms with Crippen LogP contribution in [0.2, 0.25) is 0 Å². The number of nitrogens with zero attached hydrogens (tertiary/aromatic N) is 2. The average molecular weight is 410 g/mol. The van der Waals surface area contributed by atoms with Crippen LogP contribution in [0.15, 0.2) is 97.2 Å². The van der Waals surface area contributed by atoms with Gasteiger partial charge in [-0.1, -0.05) is 66.7 Å². The summed E-state index contributed by atoms with van der Waals surface area (Å²) < 4.78 is 1.55. The van der Waals surface area contributed by atoms with Crippen molar-refractivity contribution in [2.75, 3.05) is 5.32 Å². The van der Waals surface area contributed by atoms with Crippen LogP contribution in [-0.2, 0) is 4.79 Å². The van der Waals surface area contributed by atoms with Crippen LogP contribution >= 0.6 is 0 Å². The number of primary amides is 1. The van der Waals surface area contributed by atoms with E-state index in [1.165, 1.54) is 0 Å². The van der Waals surface area contributed by atoms with E-state index in [2.05, 4.69) is 10.4 Å². The smallest absolute Gasteiger partial charge is 0.269 e. The largest absolute Gasteiger partial charge is 0.364 e. The molecule has 0 aliphatic rings. The monoisotopic (exact) mass is 410 g/mol. The number of hydrogen-bond donors (Lipinski definition) is 2. The summed E-state index contributed by atoms with van der Waals surface area (Å²) in [5, 5.41) is 7.14. The Morgan fingerprint density at radius 2 is 1.52 bits per heavy atom. The second-order valence-corrected chi connectivity index (χ2v) is 7.19. The number of benzene rings is 3. The molecule has 6 heteroatoms. The third-order valence-corrected chi connectivity index (χ3v) is 5.03. The Kier molecular flexibility index (Phi) is 5.89. The van der Waals surface area contributed by atoms with E-state index in [0.717, 1.165) is 11.1 Å². The van der Waals surface area contributed by atoms with E-state index in [4.69, 9.17) is 5.73 Å². The molecule has 0 spiro atoms. The van der Waals surface area contributed by atoms with E-state index >= 15 is 0 Å². The number of hydrogen-bond acceptors (Lipinski definition) is 3. The Morgan fingerprint density at radius 1 is 0.871 bits per heavy atom. The molecule has 3 N–H and O–H groups in total. The van der Waals surface area contributed by atoms with Crippen LogP contribution < -0.4 is 11.1 Å². The predicted octanol–water partition coefficient (Wildman–Crippen LogP) is 4.13. The van der Waals surface area contributed by atoms with Gasteiger partial charge in [0.05, 0.1) is 5.69 Å². The Morgan fingerprint density at radius 3 is 2.10 bits per heavy atom. The highest BCUT2D eigenvalue weighted by molar-refractivity contribution is 5.92. The third kappa shape index (κ3) is 4.87. The van der Waals surface area contributed by atoms with Gasteiger partial charge in [-0.15, -0.1) is 0 Å². The van der Waals surface area contributed by atoms with Crippen molar-refractivity contribution in [1.29, 1.82) is 0 Å². The number of anilines is 1. The summed E-state index contributed by atoms with van der Waals surface area (Å²) in [4.78, 5) is 24.2. The highest BCUT2D eigenvalue weighted by Gasteiger charge is 2.18. The van der Waals surface area contributed by atoms with Crippen molar-refractivity contribution in [3.63, 3.8) is 0 Å². The SMILES string of the molecule is NC(=O)c1ccn(-c2cccc(NC(=O)CC(c3ccccc3)c3ccccc3)c2)n1. The minimum atomic E-state index is -0.587. The minimum absolute atomic E-state index is 0.0465. The highest BCUT2D eigenvalue weighted by atomic mass is 16.2. The van der Waals surface area contributed by atoms with Gasteiger partial charge in [-0.05, 0) is 35.4 Å². The summed E-state index contributed by atoms with van der Waals surface area (Å²) in [6.07, 6.45) is 1.97. The number of carbonyl (C=O) groups is 2. The van der Waals surface area contributed by atoms with Gasteiger partial charge in [-0.3, -0.25) is 9.59 Å². The molecular weight excluding hydrogens is 388 g/mol. The van der Waals surface area contributed by atoms with Gasteiger partial charge in [0.25, 0.3) is 5.91 Å². The third-order valence-electron chi connectivity index (χ3n) is 5.03. The number of carbonyl (C=O) groups excluding carboxylic acids is 2. The molecule has 0 saturated heterocycles. The first-order chi connectivity index (χ1) is 15.1. The predicted molar refractivity (Wildman–Crippen MR) is 120 cm³/mol. The number of amides is 2. The van der Waals surface area contributed by atoms with E-state index in [0.29, 0.717) is 17.8 Å². The molecule has 0 aliphatic carbocycles. The first-order valence-corrected chi connectivity index (χ1v) is 9.96. The van der Waals surface area contributed by atoms with Crippen LogP contribution in [0.1, 0.15) is 34.0 Å². The highest BCUT2D eigenvalue weighted by Crippen LogP contribution is 2.28. The molecule has 0 atom stereocenters. The van der Waals surface area contributed by atoms with Gasteiger partial charge < -0.3 is 11.1 Å². The molecule has 0 bridgehead atoms. The van der Waals surface area contributed by atoms with Crippen molar-refractivity contribution in [3.05, 3.63) is 114 Å². The maximum Gasteiger partial charge on any atom is 0.269 e. The second kappa shape index (κ2) is 9.09. The van der Waals surface area contributed by atoms with Crippen molar-refractivity contribution < 1.29 is 9.59 Å². The van der Waals surface area contributed by atoms with Crippen LogP contribution in [0.25, 0.3) is 5.69 Å². The second-order valence-electron chi connectivity index (χ2n) is 7.19. The molecule has 0 unspecified atom stereocenters. The van der Waals surface area contributed by atoms with Crippen LogP contribution in [0.4, 0.5) is 5.69 Å². The van der Waals surface area contributed by atoms with Crippen molar-refractivity contribution in [1.82, 2.24) is 9.78 Å². The lowest BCUT2D eigenvalue weighted by atomic mass is 9.88. The van der Waals surface area contributed by atoms with E-state index in [1.54, 1.807) is 23.0 Å². The molecule has 2 amide bonds. The van der Waals surface area contributed by atoms with Gasteiger partial charge in [0, 0.05) is 24.2 Å². The van der Waals surface area contributed by atoms with Crippen LogP contribution in [0.5, 0.6) is 0 Å². The molecule has 1 aromatic heterocycles. The molecule has 0 saturated carbocycles. The first kappa shape index (κ1) is 20.1. The van der Waals surface area contributed by atoms with Crippen molar-refractivity contribution in [3.8, 4) is 5.69 Å². The van der Waals surface area contributed by atoms with Crippen LogP contribution in [0, 0.1) is 0 Å². The average Bonchev–Trinajstić information content (AvgIpc) is 3.30. The summed E-state index contributed by atoms with van der Waals surface area (Å²) in [5.41, 5.74) is 9.00. The lowest BCUT2D eigenvalue weighted by Gasteiger charge is -2.18. The van der Waals surface area contributed by atoms with Crippen molar-refractivity contribution in [2.24, 2.45) is 5.73 Å². The fourth-order valence-electron chi connectivity index (χ4n) is 3.52. The molecule has 4 aromatic rings.